The average molecular weight is 564 g/mol. The van der Waals surface area contributed by atoms with Gasteiger partial charge in [0, 0.05) is 22.2 Å². The van der Waals surface area contributed by atoms with Gasteiger partial charge < -0.3 is 8.83 Å². The minimum atomic E-state index is -0.443. The largest absolute Gasteiger partial charge is 2.00 e. The maximum Gasteiger partial charge on any atom is 2.00 e. The molecule has 1 aliphatic rings. The van der Waals surface area contributed by atoms with E-state index in [2.05, 4.69) is 39.8 Å². The van der Waals surface area contributed by atoms with Crippen LogP contribution in [-0.2, 0) is 31.9 Å². The van der Waals surface area contributed by atoms with Crippen molar-refractivity contribution >= 4 is 0 Å². The van der Waals surface area contributed by atoms with E-state index in [1.807, 2.05) is 36.4 Å². The molecule has 0 amide bonds. The van der Waals surface area contributed by atoms with Crippen LogP contribution in [0.3, 0.4) is 0 Å². The molecule has 0 saturated carbocycles. The Morgan fingerprint density at radius 1 is 0.690 bits per heavy atom. The number of rotatable bonds is 0. The van der Waals surface area contributed by atoms with Gasteiger partial charge in [0.25, 0.3) is 0 Å². The summed E-state index contributed by atoms with van der Waals surface area (Å²) in [5, 5.41) is 0. The van der Waals surface area contributed by atoms with Crippen molar-refractivity contribution in [3.05, 3.63) is 84.0 Å². The number of fused-ring (bicyclic) bond motifs is 10. The first-order valence-electron chi connectivity index (χ1n) is 9.34. The first-order valence-corrected chi connectivity index (χ1v) is 9.34. The summed E-state index contributed by atoms with van der Waals surface area (Å²) in [6.45, 7) is 8.34. The van der Waals surface area contributed by atoms with Crippen LogP contribution in [0.25, 0.3) is 22.5 Å². The molecule has 0 unspecified atom stereocenters. The molecule has 0 radical (unpaired) electrons. The van der Waals surface area contributed by atoms with E-state index < -0.39 is 10.8 Å². The number of aromatic nitrogens is 2. The van der Waals surface area contributed by atoms with Crippen LogP contribution in [0, 0.1) is 12.1 Å². The van der Waals surface area contributed by atoms with Gasteiger partial charge in [-0.05, 0) is 27.7 Å². The van der Waals surface area contributed by atoms with Gasteiger partial charge in [-0.2, -0.15) is 0 Å². The molecule has 0 atom stereocenters. The molecule has 148 valence electrons. The Morgan fingerprint density at radius 3 is 1.52 bits per heavy atom. The second kappa shape index (κ2) is 6.81. The van der Waals surface area contributed by atoms with Crippen LogP contribution in [-0.4, -0.2) is 9.97 Å². The summed E-state index contributed by atoms with van der Waals surface area (Å²) in [4.78, 5) is 9.57. The second-order valence-corrected chi connectivity index (χ2v) is 8.28. The Labute approximate surface area is 184 Å². The molecular formula is C24H20N2O2Pt. The normalized spacial score (nSPS) is 15.9. The van der Waals surface area contributed by atoms with E-state index in [4.69, 9.17) is 18.8 Å². The third-order valence-electron chi connectivity index (χ3n) is 5.57. The zero-order valence-corrected chi connectivity index (χ0v) is 18.9. The predicted octanol–water partition coefficient (Wildman–Crippen LogP) is 5.56. The molecule has 1 aliphatic heterocycles. The summed E-state index contributed by atoms with van der Waals surface area (Å²) in [5.74, 6) is 1.29. The number of nitrogens with zero attached hydrogens (tertiary/aromatic N) is 2. The zero-order chi connectivity index (χ0) is 19.5. The zero-order valence-electron chi connectivity index (χ0n) is 16.6. The van der Waals surface area contributed by atoms with Crippen molar-refractivity contribution in [3.8, 4) is 22.5 Å². The van der Waals surface area contributed by atoms with E-state index in [0.717, 1.165) is 33.6 Å². The minimum Gasteiger partial charge on any atom is -0.458 e. The monoisotopic (exact) mass is 563 g/mol. The van der Waals surface area contributed by atoms with E-state index in [1.54, 1.807) is 12.5 Å². The van der Waals surface area contributed by atoms with Crippen molar-refractivity contribution in [3.63, 3.8) is 0 Å². The maximum absolute atomic E-state index is 5.90. The number of benzene rings is 2. The molecule has 0 aliphatic carbocycles. The molecule has 8 bridgehead atoms. The molecule has 29 heavy (non-hydrogen) atoms. The molecule has 5 rings (SSSR count). The Morgan fingerprint density at radius 2 is 1.10 bits per heavy atom. The van der Waals surface area contributed by atoms with Crippen LogP contribution >= 0.6 is 0 Å². The van der Waals surface area contributed by atoms with E-state index in [0.29, 0.717) is 11.8 Å². The molecule has 2 aromatic carbocycles. The predicted molar refractivity (Wildman–Crippen MR) is 106 cm³/mol. The molecule has 4 aromatic rings. The average Bonchev–Trinajstić information content (AvgIpc) is 3.38. The molecule has 5 heteroatoms. The first kappa shape index (κ1) is 19.8. The van der Waals surface area contributed by atoms with Crippen molar-refractivity contribution in [2.45, 2.75) is 38.5 Å². The number of hydrogen-bond acceptors (Lipinski definition) is 4. The fourth-order valence-electron chi connectivity index (χ4n) is 3.57. The molecule has 2 aromatic heterocycles. The Balaban J connectivity index is 0.00000205. The van der Waals surface area contributed by atoms with Gasteiger partial charge in [-0.1, -0.05) is 0 Å². The van der Waals surface area contributed by atoms with Crippen LogP contribution in [0.1, 0.15) is 50.6 Å². The fourth-order valence-corrected chi connectivity index (χ4v) is 3.57. The Kier molecular flexibility index (Phi) is 4.66. The molecule has 0 spiro atoms. The molecule has 0 fully saturated rings. The maximum atomic E-state index is 5.90. The SMILES string of the molecule is CC1(C)c2[c-]c(ccc2)-c2coc(n2)C(C)(C)c2[c-]c(ccc2)-c2coc1n2.[Pt+2]. The third-order valence-corrected chi connectivity index (χ3v) is 5.57. The second-order valence-electron chi connectivity index (χ2n) is 8.28. The van der Waals surface area contributed by atoms with Crippen molar-refractivity contribution in [1.82, 2.24) is 9.97 Å². The Hall–Kier alpha value is -2.45. The van der Waals surface area contributed by atoms with E-state index in [1.165, 1.54) is 0 Å². The summed E-state index contributed by atoms with van der Waals surface area (Å²) < 4.78 is 11.8. The molecule has 0 saturated heterocycles. The van der Waals surface area contributed by atoms with Crippen molar-refractivity contribution < 1.29 is 29.9 Å². The van der Waals surface area contributed by atoms with Gasteiger partial charge in [0.1, 0.15) is 0 Å². The van der Waals surface area contributed by atoms with Gasteiger partial charge in [-0.3, -0.25) is 9.97 Å². The quantitative estimate of drug-likeness (QED) is 0.263. The minimum absolute atomic E-state index is 0. The van der Waals surface area contributed by atoms with Crippen LogP contribution in [0.5, 0.6) is 0 Å². The van der Waals surface area contributed by atoms with Crippen LogP contribution in [0.2, 0.25) is 0 Å². The standard InChI is InChI=1S/C24H20N2O2.Pt/c1-23(2)17-9-5-7-15(11-17)20-14-28-22(26-20)24(3,4)18-10-6-8-16(12-18)19-13-27-21(23)25-19;/h5-10,13-14H,1-4H3;/q-2;+2. The Bertz CT molecular complexity index is 1090. The first-order chi connectivity index (χ1) is 13.4. The third kappa shape index (κ3) is 3.10. The number of oxazole rings is 2. The van der Waals surface area contributed by atoms with E-state index >= 15 is 0 Å². The van der Waals surface area contributed by atoms with Gasteiger partial charge in [-0.25, -0.2) is 0 Å². The smallest absolute Gasteiger partial charge is 0.458 e. The van der Waals surface area contributed by atoms with Gasteiger partial charge in [0.2, 0.25) is 0 Å². The van der Waals surface area contributed by atoms with Gasteiger partial charge in [-0.15, -0.1) is 70.8 Å². The van der Waals surface area contributed by atoms with Crippen LogP contribution in [0.4, 0.5) is 0 Å². The van der Waals surface area contributed by atoms with E-state index in [-0.39, 0.29) is 21.1 Å². The molecular weight excluding hydrogens is 543 g/mol. The topological polar surface area (TPSA) is 52.1 Å². The van der Waals surface area contributed by atoms with Crippen LogP contribution < -0.4 is 0 Å². The van der Waals surface area contributed by atoms with E-state index in [9.17, 15) is 0 Å². The van der Waals surface area contributed by atoms with Gasteiger partial charge in [0.15, 0.2) is 11.8 Å². The number of hydrogen-bond donors (Lipinski definition) is 0. The van der Waals surface area contributed by atoms with Gasteiger partial charge >= 0.3 is 21.1 Å². The van der Waals surface area contributed by atoms with Crippen molar-refractivity contribution in [1.29, 1.82) is 0 Å². The summed E-state index contributed by atoms with van der Waals surface area (Å²) in [6, 6.07) is 19.1. The molecule has 0 N–H and O–H groups in total. The van der Waals surface area contributed by atoms with Gasteiger partial charge in [0.05, 0.1) is 12.5 Å². The molecule has 4 nitrogen and oxygen atoms in total. The van der Waals surface area contributed by atoms with Crippen molar-refractivity contribution in [2.75, 3.05) is 0 Å². The van der Waals surface area contributed by atoms with Crippen molar-refractivity contribution in [2.24, 2.45) is 0 Å². The summed E-state index contributed by atoms with van der Waals surface area (Å²) in [7, 11) is 0. The molecule has 3 heterocycles. The summed E-state index contributed by atoms with van der Waals surface area (Å²) in [5.41, 5.74) is 4.39. The summed E-state index contributed by atoms with van der Waals surface area (Å²) in [6.07, 6.45) is 3.40. The fraction of sp³-hybridized carbons (Fsp3) is 0.250. The van der Waals surface area contributed by atoms with Crippen LogP contribution in [0.15, 0.2) is 57.8 Å². The summed E-state index contributed by atoms with van der Waals surface area (Å²) >= 11 is 0.